The summed E-state index contributed by atoms with van der Waals surface area (Å²) in [6.07, 6.45) is 3.96. The van der Waals surface area contributed by atoms with Crippen molar-refractivity contribution in [1.29, 1.82) is 0 Å². The molecule has 1 atom stereocenters. The standard InChI is InChI=1S/C22H22N4O5/c1-12(13-3-6-17-18(10-13)31-8-2-7-30-17)24-20(27)14-9-16-19(23-11-14)26(15-4-5-15)22(29)25-21(16)28/h3,6,9-12,15H,2,4-5,7-8H2,1H3,(H,24,27)(H,25,28,29). The number of H-pyrrole nitrogens is 1. The van der Waals surface area contributed by atoms with Gasteiger partial charge in [0.15, 0.2) is 11.5 Å². The minimum absolute atomic E-state index is 0.0541. The van der Waals surface area contributed by atoms with Crippen LogP contribution in [0.1, 0.15) is 54.2 Å². The van der Waals surface area contributed by atoms with Gasteiger partial charge in [-0.3, -0.25) is 19.1 Å². The first-order chi connectivity index (χ1) is 15.0. The molecule has 1 saturated carbocycles. The Labute approximate surface area is 177 Å². The predicted molar refractivity (Wildman–Crippen MR) is 113 cm³/mol. The Kier molecular flexibility index (Phi) is 4.72. The molecule has 31 heavy (non-hydrogen) atoms. The average Bonchev–Trinajstić information content (AvgIpc) is 3.60. The highest BCUT2D eigenvalue weighted by Crippen LogP contribution is 2.35. The third kappa shape index (κ3) is 3.67. The summed E-state index contributed by atoms with van der Waals surface area (Å²) in [5.41, 5.74) is 0.415. The molecular formula is C22H22N4O5. The molecule has 0 bridgehead atoms. The lowest BCUT2D eigenvalue weighted by atomic mass is 10.1. The summed E-state index contributed by atoms with van der Waals surface area (Å²) in [6.45, 7) is 3.06. The summed E-state index contributed by atoms with van der Waals surface area (Å²) in [5, 5.41) is 3.15. The van der Waals surface area contributed by atoms with E-state index >= 15 is 0 Å². The molecule has 0 spiro atoms. The Balaban J connectivity index is 1.41. The molecule has 1 unspecified atom stereocenters. The predicted octanol–water partition coefficient (Wildman–Crippen LogP) is 2.07. The lowest BCUT2D eigenvalue weighted by Crippen LogP contribution is -2.31. The van der Waals surface area contributed by atoms with Crippen molar-refractivity contribution >= 4 is 16.9 Å². The van der Waals surface area contributed by atoms with Crippen LogP contribution >= 0.6 is 0 Å². The molecule has 2 aromatic heterocycles. The van der Waals surface area contributed by atoms with Crippen LogP contribution < -0.4 is 26.0 Å². The van der Waals surface area contributed by atoms with Crippen molar-refractivity contribution in [2.75, 3.05) is 13.2 Å². The number of hydrogen-bond acceptors (Lipinski definition) is 6. The van der Waals surface area contributed by atoms with E-state index in [-0.39, 0.29) is 28.9 Å². The first-order valence-electron chi connectivity index (χ1n) is 10.4. The van der Waals surface area contributed by atoms with Gasteiger partial charge in [0.1, 0.15) is 5.65 Å². The quantitative estimate of drug-likeness (QED) is 0.665. The topological polar surface area (TPSA) is 115 Å². The van der Waals surface area contributed by atoms with E-state index in [2.05, 4.69) is 15.3 Å². The summed E-state index contributed by atoms with van der Waals surface area (Å²) in [4.78, 5) is 43.9. The third-order valence-electron chi connectivity index (χ3n) is 5.57. The third-order valence-corrected chi connectivity index (χ3v) is 5.57. The number of nitrogens with one attached hydrogen (secondary N) is 2. The van der Waals surface area contributed by atoms with E-state index in [0.29, 0.717) is 30.4 Å². The fourth-order valence-corrected chi connectivity index (χ4v) is 3.75. The van der Waals surface area contributed by atoms with Crippen molar-refractivity contribution in [2.45, 2.75) is 38.3 Å². The van der Waals surface area contributed by atoms with Gasteiger partial charge in [0.25, 0.3) is 11.5 Å². The van der Waals surface area contributed by atoms with Gasteiger partial charge in [-0.15, -0.1) is 0 Å². The summed E-state index contributed by atoms with van der Waals surface area (Å²) in [5.74, 6) is 0.991. The maximum Gasteiger partial charge on any atom is 0.330 e. The number of pyridine rings is 1. The van der Waals surface area contributed by atoms with E-state index in [0.717, 1.165) is 24.8 Å². The molecule has 9 heteroatoms. The van der Waals surface area contributed by atoms with Crippen LogP contribution in [0.2, 0.25) is 0 Å². The van der Waals surface area contributed by atoms with Gasteiger partial charge in [0.2, 0.25) is 0 Å². The number of rotatable bonds is 4. The van der Waals surface area contributed by atoms with Crippen LogP contribution in [0.15, 0.2) is 40.1 Å². The van der Waals surface area contributed by atoms with Crippen LogP contribution in [0.25, 0.3) is 11.0 Å². The van der Waals surface area contributed by atoms with E-state index in [4.69, 9.17) is 9.47 Å². The number of hydrogen-bond donors (Lipinski definition) is 2. The van der Waals surface area contributed by atoms with E-state index < -0.39 is 11.2 Å². The van der Waals surface area contributed by atoms with Crippen LogP contribution in [0.5, 0.6) is 11.5 Å². The number of nitrogens with zero attached hydrogens (tertiary/aromatic N) is 2. The first kappa shape index (κ1) is 19.3. The van der Waals surface area contributed by atoms with Gasteiger partial charge in [-0.25, -0.2) is 9.78 Å². The van der Waals surface area contributed by atoms with E-state index in [9.17, 15) is 14.4 Å². The molecule has 1 aliphatic carbocycles. The van der Waals surface area contributed by atoms with Gasteiger partial charge in [0.05, 0.1) is 30.2 Å². The Hall–Kier alpha value is -3.62. The molecule has 0 radical (unpaired) electrons. The summed E-state index contributed by atoms with van der Waals surface area (Å²) in [7, 11) is 0. The molecule has 2 N–H and O–H groups in total. The molecule has 1 fully saturated rings. The van der Waals surface area contributed by atoms with Crippen LogP contribution in [0, 0.1) is 0 Å². The number of ether oxygens (including phenoxy) is 2. The molecule has 160 valence electrons. The van der Waals surface area contributed by atoms with Crippen LogP contribution in [0.3, 0.4) is 0 Å². The summed E-state index contributed by atoms with van der Waals surface area (Å²) < 4.78 is 12.9. The van der Waals surface area contributed by atoms with E-state index in [1.807, 2.05) is 25.1 Å². The van der Waals surface area contributed by atoms with Gasteiger partial charge in [-0.05, 0) is 43.5 Å². The van der Waals surface area contributed by atoms with Crippen LogP contribution in [-0.2, 0) is 0 Å². The van der Waals surface area contributed by atoms with Gasteiger partial charge in [-0.2, -0.15) is 0 Å². The lowest BCUT2D eigenvalue weighted by molar-refractivity contribution is 0.0939. The van der Waals surface area contributed by atoms with Crippen LogP contribution in [0.4, 0.5) is 0 Å². The van der Waals surface area contributed by atoms with E-state index in [1.165, 1.54) is 16.8 Å². The maximum absolute atomic E-state index is 12.8. The minimum atomic E-state index is -0.546. The molecule has 1 aromatic carbocycles. The Bertz CT molecular complexity index is 1290. The zero-order valence-electron chi connectivity index (χ0n) is 17.0. The number of benzene rings is 1. The van der Waals surface area contributed by atoms with Gasteiger partial charge >= 0.3 is 5.69 Å². The number of fused-ring (bicyclic) bond motifs is 2. The number of carbonyl (C=O) groups is 1. The monoisotopic (exact) mass is 422 g/mol. The summed E-state index contributed by atoms with van der Waals surface area (Å²) in [6, 6.07) is 6.82. The van der Waals surface area contributed by atoms with Crippen molar-refractivity contribution in [3.8, 4) is 11.5 Å². The second-order valence-corrected chi connectivity index (χ2v) is 7.91. The van der Waals surface area contributed by atoms with Crippen molar-refractivity contribution < 1.29 is 14.3 Å². The number of carbonyl (C=O) groups excluding carboxylic acids is 1. The minimum Gasteiger partial charge on any atom is -0.490 e. The Morgan fingerprint density at radius 1 is 1.19 bits per heavy atom. The van der Waals surface area contributed by atoms with Crippen molar-refractivity contribution in [3.63, 3.8) is 0 Å². The smallest absolute Gasteiger partial charge is 0.330 e. The average molecular weight is 422 g/mol. The maximum atomic E-state index is 12.8. The number of amides is 1. The molecule has 5 rings (SSSR count). The second kappa shape index (κ2) is 7.57. The van der Waals surface area contributed by atoms with Gasteiger partial charge < -0.3 is 14.8 Å². The fourth-order valence-electron chi connectivity index (χ4n) is 3.75. The molecule has 0 saturated heterocycles. The molecule has 3 heterocycles. The van der Waals surface area contributed by atoms with Crippen LogP contribution in [-0.4, -0.2) is 33.7 Å². The molecular weight excluding hydrogens is 400 g/mol. The Morgan fingerprint density at radius 3 is 2.74 bits per heavy atom. The van der Waals surface area contributed by atoms with Gasteiger partial charge in [0, 0.05) is 18.7 Å². The zero-order chi connectivity index (χ0) is 21.5. The number of aromatic nitrogens is 3. The molecule has 1 amide bonds. The summed E-state index contributed by atoms with van der Waals surface area (Å²) >= 11 is 0. The largest absolute Gasteiger partial charge is 0.490 e. The van der Waals surface area contributed by atoms with Crippen molar-refractivity contribution in [1.82, 2.24) is 19.9 Å². The highest BCUT2D eigenvalue weighted by molar-refractivity contribution is 5.97. The lowest BCUT2D eigenvalue weighted by Gasteiger charge is -2.17. The first-order valence-corrected chi connectivity index (χ1v) is 10.4. The Morgan fingerprint density at radius 2 is 1.97 bits per heavy atom. The molecule has 2 aliphatic rings. The van der Waals surface area contributed by atoms with E-state index in [1.54, 1.807) is 0 Å². The SMILES string of the molecule is CC(NC(=O)c1cnc2c(c1)c(=O)[nH]c(=O)n2C1CC1)c1ccc2c(c1)OCCCO2. The second-order valence-electron chi connectivity index (χ2n) is 7.91. The normalized spacial score (nSPS) is 16.5. The molecule has 3 aromatic rings. The zero-order valence-corrected chi connectivity index (χ0v) is 17.0. The number of aromatic amines is 1. The highest BCUT2D eigenvalue weighted by Gasteiger charge is 2.28. The van der Waals surface area contributed by atoms with Gasteiger partial charge in [-0.1, -0.05) is 6.07 Å². The molecule has 1 aliphatic heterocycles. The molecule has 9 nitrogen and oxygen atoms in total. The fraction of sp³-hybridized carbons (Fsp3) is 0.364. The van der Waals surface area contributed by atoms with Crippen molar-refractivity contribution in [2.24, 2.45) is 0 Å². The highest BCUT2D eigenvalue weighted by atomic mass is 16.5. The van der Waals surface area contributed by atoms with Crippen molar-refractivity contribution in [3.05, 3.63) is 62.4 Å².